The van der Waals surface area contributed by atoms with Gasteiger partial charge in [0.1, 0.15) is 0 Å². The molecule has 29 heavy (non-hydrogen) atoms. The van der Waals surface area contributed by atoms with Crippen LogP contribution < -0.4 is 4.31 Å². The average molecular weight is 411 g/mol. The molecule has 0 saturated carbocycles. The Morgan fingerprint density at radius 2 is 1.76 bits per heavy atom. The lowest BCUT2D eigenvalue weighted by molar-refractivity contribution is 0.0475. The fourth-order valence-electron chi connectivity index (χ4n) is 3.28. The molecule has 0 saturated heterocycles. The molecule has 1 aliphatic rings. The summed E-state index contributed by atoms with van der Waals surface area (Å²) in [6.45, 7) is -0.0580. The number of carbonyl (C=O) groups is 2. The van der Waals surface area contributed by atoms with Gasteiger partial charge < -0.3 is 4.74 Å². The minimum absolute atomic E-state index is 0.281. The number of aromatic nitrogens is 2. The predicted octanol–water partition coefficient (Wildman–Crippen LogP) is 1.99. The quantitative estimate of drug-likeness (QED) is 0.467. The van der Waals surface area contributed by atoms with Gasteiger partial charge >= 0.3 is 5.97 Å². The van der Waals surface area contributed by atoms with E-state index >= 15 is 0 Å². The van der Waals surface area contributed by atoms with Crippen molar-refractivity contribution >= 4 is 38.5 Å². The van der Waals surface area contributed by atoms with Crippen LogP contribution in [0.15, 0.2) is 48.8 Å². The zero-order chi connectivity index (χ0) is 20.6. The molecule has 8 nitrogen and oxygen atoms in total. The summed E-state index contributed by atoms with van der Waals surface area (Å²) in [5.41, 5.74) is 3.22. The van der Waals surface area contributed by atoms with Crippen molar-refractivity contribution in [2.24, 2.45) is 0 Å². The van der Waals surface area contributed by atoms with Crippen molar-refractivity contribution in [1.29, 1.82) is 0 Å². The Bertz CT molecular complexity index is 1240. The number of nitrogens with zero attached hydrogens (tertiary/aromatic N) is 3. The fraction of sp³-hybridized carbons (Fsp3) is 0.200. The van der Waals surface area contributed by atoms with Crippen LogP contribution in [0.3, 0.4) is 0 Å². The zero-order valence-corrected chi connectivity index (χ0v) is 16.3. The highest BCUT2D eigenvalue weighted by Crippen LogP contribution is 2.30. The van der Waals surface area contributed by atoms with E-state index in [1.807, 2.05) is 0 Å². The molecule has 0 aliphatic carbocycles. The van der Waals surface area contributed by atoms with Gasteiger partial charge in [-0.15, -0.1) is 0 Å². The molecular weight excluding hydrogens is 394 g/mol. The summed E-state index contributed by atoms with van der Waals surface area (Å²) in [6.07, 6.45) is 4.77. The van der Waals surface area contributed by atoms with Gasteiger partial charge in [0, 0.05) is 24.5 Å². The van der Waals surface area contributed by atoms with Gasteiger partial charge in [0.05, 0.1) is 28.5 Å². The summed E-state index contributed by atoms with van der Waals surface area (Å²) in [4.78, 5) is 33.0. The van der Waals surface area contributed by atoms with E-state index in [2.05, 4.69) is 9.97 Å². The average Bonchev–Trinajstić information content (AvgIpc) is 3.15. The van der Waals surface area contributed by atoms with Crippen molar-refractivity contribution in [3.05, 3.63) is 65.5 Å². The molecule has 1 aliphatic heterocycles. The second-order valence-electron chi connectivity index (χ2n) is 6.69. The minimum atomic E-state index is -3.35. The normalized spacial score (nSPS) is 13.3. The smallest absolute Gasteiger partial charge is 0.338 e. The third-order valence-electron chi connectivity index (χ3n) is 4.69. The Kier molecular flexibility index (Phi) is 4.75. The Morgan fingerprint density at radius 3 is 2.52 bits per heavy atom. The topological polar surface area (TPSA) is 107 Å². The van der Waals surface area contributed by atoms with Gasteiger partial charge in [0.15, 0.2) is 12.4 Å². The van der Waals surface area contributed by atoms with E-state index in [9.17, 15) is 18.0 Å². The Morgan fingerprint density at radius 1 is 1.03 bits per heavy atom. The van der Waals surface area contributed by atoms with Crippen LogP contribution in [-0.2, 0) is 21.2 Å². The molecular formula is C20H17N3O5S. The van der Waals surface area contributed by atoms with Gasteiger partial charge in [-0.05, 0) is 48.4 Å². The summed E-state index contributed by atoms with van der Waals surface area (Å²) >= 11 is 0. The highest BCUT2D eigenvalue weighted by atomic mass is 32.2. The van der Waals surface area contributed by atoms with Crippen LogP contribution in [0.4, 0.5) is 5.69 Å². The fourth-order valence-corrected chi connectivity index (χ4v) is 4.24. The molecule has 0 N–H and O–H groups in total. The van der Waals surface area contributed by atoms with Crippen LogP contribution in [0.1, 0.15) is 26.3 Å². The van der Waals surface area contributed by atoms with Crippen LogP contribution in [0, 0.1) is 0 Å². The number of ether oxygens (including phenoxy) is 1. The summed E-state index contributed by atoms with van der Waals surface area (Å²) in [5.74, 6) is -0.991. The van der Waals surface area contributed by atoms with Gasteiger partial charge in [-0.1, -0.05) is 0 Å². The molecule has 1 aromatic heterocycles. The van der Waals surface area contributed by atoms with E-state index in [1.165, 1.54) is 10.5 Å². The number of ketones is 1. The third kappa shape index (κ3) is 3.81. The van der Waals surface area contributed by atoms with E-state index in [4.69, 9.17) is 4.74 Å². The molecule has 3 aromatic rings. The van der Waals surface area contributed by atoms with Gasteiger partial charge in [0.25, 0.3) is 0 Å². The molecule has 4 rings (SSSR count). The molecule has 0 amide bonds. The van der Waals surface area contributed by atoms with Crippen LogP contribution in [-0.4, -0.2) is 49.5 Å². The van der Waals surface area contributed by atoms with Crippen LogP contribution in [0.25, 0.3) is 11.0 Å². The maximum absolute atomic E-state index is 12.4. The lowest BCUT2D eigenvalue weighted by atomic mass is 10.1. The Hall–Kier alpha value is -3.33. The Labute approximate surface area is 167 Å². The monoisotopic (exact) mass is 411 g/mol. The molecule has 148 valence electrons. The van der Waals surface area contributed by atoms with Gasteiger partial charge in [-0.3, -0.25) is 19.1 Å². The van der Waals surface area contributed by atoms with Crippen molar-refractivity contribution in [2.75, 3.05) is 23.7 Å². The third-order valence-corrected chi connectivity index (χ3v) is 5.87. The highest BCUT2D eigenvalue weighted by Gasteiger charge is 2.26. The number of sulfonamides is 1. The van der Waals surface area contributed by atoms with E-state index in [0.29, 0.717) is 35.2 Å². The highest BCUT2D eigenvalue weighted by molar-refractivity contribution is 7.92. The molecule has 0 bridgehead atoms. The standard InChI is InChI=1S/C20H17N3O5S/c1-29(26,27)23-9-6-13-10-14(3-5-18(13)23)19(24)12-28-20(25)15-2-4-16-17(11-15)22-8-7-21-16/h2-5,7-8,10-11H,6,9,12H2,1H3. The molecule has 0 unspecified atom stereocenters. The van der Waals surface area contributed by atoms with Gasteiger partial charge in [-0.2, -0.15) is 0 Å². The SMILES string of the molecule is CS(=O)(=O)N1CCc2cc(C(=O)COC(=O)c3ccc4nccnc4c3)ccc21. The van der Waals surface area contributed by atoms with E-state index in [1.54, 1.807) is 42.6 Å². The molecule has 0 spiro atoms. The van der Waals surface area contributed by atoms with Crippen molar-refractivity contribution in [2.45, 2.75) is 6.42 Å². The van der Waals surface area contributed by atoms with Crippen molar-refractivity contribution in [3.63, 3.8) is 0 Å². The summed E-state index contributed by atoms with van der Waals surface area (Å²) in [5, 5.41) is 0. The summed E-state index contributed by atoms with van der Waals surface area (Å²) in [7, 11) is -3.35. The second kappa shape index (κ2) is 7.25. The van der Waals surface area contributed by atoms with Gasteiger partial charge in [0.2, 0.25) is 10.0 Å². The maximum atomic E-state index is 12.4. The predicted molar refractivity (Wildman–Crippen MR) is 106 cm³/mol. The molecule has 0 atom stereocenters. The molecule has 2 aromatic carbocycles. The lowest BCUT2D eigenvalue weighted by Crippen LogP contribution is -2.27. The van der Waals surface area contributed by atoms with E-state index in [-0.39, 0.29) is 11.3 Å². The molecule has 0 radical (unpaired) electrons. The van der Waals surface area contributed by atoms with E-state index < -0.39 is 22.6 Å². The number of hydrogen-bond acceptors (Lipinski definition) is 7. The largest absolute Gasteiger partial charge is 0.454 e. The number of carbonyl (C=O) groups excluding carboxylic acids is 2. The van der Waals surface area contributed by atoms with Crippen molar-refractivity contribution < 1.29 is 22.7 Å². The summed E-state index contributed by atoms with van der Waals surface area (Å²) in [6, 6.07) is 9.60. The zero-order valence-electron chi connectivity index (χ0n) is 15.5. The van der Waals surface area contributed by atoms with Crippen molar-refractivity contribution in [3.8, 4) is 0 Å². The number of hydrogen-bond donors (Lipinski definition) is 0. The van der Waals surface area contributed by atoms with Crippen molar-refractivity contribution in [1.82, 2.24) is 9.97 Å². The molecule has 9 heteroatoms. The minimum Gasteiger partial charge on any atom is -0.454 e. The number of rotatable bonds is 5. The number of anilines is 1. The maximum Gasteiger partial charge on any atom is 0.338 e. The number of fused-ring (bicyclic) bond motifs is 2. The molecule has 2 heterocycles. The van der Waals surface area contributed by atoms with Crippen LogP contribution in [0.2, 0.25) is 0 Å². The van der Waals surface area contributed by atoms with Crippen LogP contribution in [0.5, 0.6) is 0 Å². The second-order valence-corrected chi connectivity index (χ2v) is 8.59. The van der Waals surface area contributed by atoms with Crippen LogP contribution >= 0.6 is 0 Å². The Balaban J connectivity index is 1.45. The molecule has 0 fully saturated rings. The first-order valence-electron chi connectivity index (χ1n) is 8.85. The lowest BCUT2D eigenvalue weighted by Gasteiger charge is -2.16. The first-order valence-corrected chi connectivity index (χ1v) is 10.7. The first kappa shape index (κ1) is 19.0. The first-order chi connectivity index (χ1) is 13.8. The van der Waals surface area contributed by atoms with Gasteiger partial charge in [-0.25, -0.2) is 13.2 Å². The number of Topliss-reactive ketones (excluding diaryl/α,β-unsaturated/α-hetero) is 1. The summed E-state index contributed by atoms with van der Waals surface area (Å²) < 4.78 is 30.1. The van der Waals surface area contributed by atoms with E-state index in [0.717, 1.165) is 11.8 Å². The number of esters is 1. The number of benzene rings is 2.